The van der Waals surface area contributed by atoms with Crippen molar-refractivity contribution in [2.24, 2.45) is 5.92 Å². The minimum Gasteiger partial charge on any atom is -0.377 e. The van der Waals surface area contributed by atoms with Crippen LogP contribution in [0.15, 0.2) is 9.95 Å². The topological polar surface area (TPSA) is 53.4 Å². The molecule has 0 bridgehead atoms. The molecule has 3 atom stereocenters. The van der Waals surface area contributed by atoms with Crippen molar-refractivity contribution in [2.75, 3.05) is 19.0 Å². The zero-order chi connectivity index (χ0) is 19.8. The summed E-state index contributed by atoms with van der Waals surface area (Å²) in [6, 6.07) is 0. The summed E-state index contributed by atoms with van der Waals surface area (Å²) < 4.78 is 13.7. The first kappa shape index (κ1) is 20.0. The molecule has 7 heteroatoms. The Labute approximate surface area is 180 Å². The van der Waals surface area contributed by atoms with E-state index < -0.39 is 0 Å². The Morgan fingerprint density at radius 2 is 1.97 bits per heavy atom. The smallest absolute Gasteiger partial charge is 0.263 e. The number of fused-ring (bicyclic) bond motifs is 3. The molecule has 0 saturated carbocycles. The Balaban J connectivity index is 1.51. The number of hydrogen-bond donors (Lipinski definition) is 0. The van der Waals surface area contributed by atoms with Gasteiger partial charge in [-0.15, -0.1) is 11.3 Å². The van der Waals surface area contributed by atoms with E-state index in [2.05, 4.69) is 6.92 Å². The number of nitrogens with zero attached hydrogens (tertiary/aromatic N) is 2. The van der Waals surface area contributed by atoms with Crippen LogP contribution in [-0.2, 0) is 28.9 Å². The molecule has 5 nitrogen and oxygen atoms in total. The third-order valence-electron chi connectivity index (χ3n) is 6.46. The molecule has 158 valence electrons. The number of aromatic nitrogens is 2. The largest absolute Gasteiger partial charge is 0.377 e. The molecule has 2 aromatic heterocycles. The predicted molar refractivity (Wildman–Crippen MR) is 118 cm³/mol. The second-order valence-electron chi connectivity index (χ2n) is 8.78. The quantitative estimate of drug-likeness (QED) is 0.515. The van der Waals surface area contributed by atoms with Crippen molar-refractivity contribution >= 4 is 33.3 Å². The standard InChI is InChI=1S/C22H30N2O3S2/c1-14-7-8-17-18(11-14)29-20-19(17)21(25)24(12-15-6-4-10-26-15)22(23-20)28-13-16-5-2-3-9-27-16/h14-16H,2-13H2,1H3. The second kappa shape index (κ2) is 8.69. The van der Waals surface area contributed by atoms with E-state index in [9.17, 15) is 4.79 Å². The first-order chi connectivity index (χ1) is 14.2. The molecule has 2 fully saturated rings. The zero-order valence-corrected chi connectivity index (χ0v) is 18.8. The third kappa shape index (κ3) is 4.16. The van der Waals surface area contributed by atoms with Crippen LogP contribution in [0.3, 0.4) is 0 Å². The summed E-state index contributed by atoms with van der Waals surface area (Å²) in [6.07, 6.45) is 9.27. The van der Waals surface area contributed by atoms with Crippen LogP contribution in [-0.4, -0.2) is 40.7 Å². The van der Waals surface area contributed by atoms with Gasteiger partial charge in [0.2, 0.25) is 0 Å². The van der Waals surface area contributed by atoms with Crippen LogP contribution in [0.5, 0.6) is 0 Å². The van der Waals surface area contributed by atoms with E-state index in [1.165, 1.54) is 23.3 Å². The van der Waals surface area contributed by atoms with E-state index in [1.54, 1.807) is 23.1 Å². The summed E-state index contributed by atoms with van der Waals surface area (Å²) >= 11 is 3.43. The van der Waals surface area contributed by atoms with Gasteiger partial charge in [0.15, 0.2) is 5.16 Å². The monoisotopic (exact) mass is 434 g/mol. The number of hydrogen-bond acceptors (Lipinski definition) is 6. The highest BCUT2D eigenvalue weighted by Crippen LogP contribution is 2.37. The lowest BCUT2D eigenvalue weighted by molar-refractivity contribution is 0.0315. The Hall–Kier alpha value is -0.890. The van der Waals surface area contributed by atoms with Gasteiger partial charge in [-0.2, -0.15) is 0 Å². The van der Waals surface area contributed by atoms with Crippen LogP contribution in [0, 0.1) is 5.92 Å². The van der Waals surface area contributed by atoms with Gasteiger partial charge >= 0.3 is 0 Å². The van der Waals surface area contributed by atoms with Crippen LogP contribution >= 0.6 is 23.1 Å². The van der Waals surface area contributed by atoms with Crippen molar-refractivity contribution in [3.8, 4) is 0 Å². The van der Waals surface area contributed by atoms with E-state index in [0.29, 0.717) is 12.5 Å². The zero-order valence-electron chi connectivity index (χ0n) is 17.2. The van der Waals surface area contributed by atoms with Crippen LogP contribution in [0.25, 0.3) is 10.2 Å². The van der Waals surface area contributed by atoms with Gasteiger partial charge < -0.3 is 9.47 Å². The molecule has 1 aliphatic carbocycles. The minimum absolute atomic E-state index is 0.131. The molecule has 2 aromatic rings. The van der Waals surface area contributed by atoms with Crippen molar-refractivity contribution in [3.63, 3.8) is 0 Å². The minimum atomic E-state index is 0.131. The lowest BCUT2D eigenvalue weighted by atomic mass is 9.89. The number of aryl methyl sites for hydroxylation is 1. The fourth-order valence-corrected chi connectivity index (χ4v) is 7.27. The van der Waals surface area contributed by atoms with Crippen molar-refractivity contribution in [2.45, 2.75) is 82.2 Å². The SMILES string of the molecule is CC1CCc2c(sc3nc(SCC4CCCCO4)n(CC4CCCO4)c(=O)c23)C1. The third-order valence-corrected chi connectivity index (χ3v) is 8.72. The lowest BCUT2D eigenvalue weighted by Crippen LogP contribution is -2.30. The number of rotatable bonds is 5. The number of ether oxygens (including phenoxy) is 2. The molecule has 0 spiro atoms. The summed E-state index contributed by atoms with van der Waals surface area (Å²) in [5.74, 6) is 1.56. The van der Waals surface area contributed by atoms with Crippen molar-refractivity contribution in [1.29, 1.82) is 0 Å². The van der Waals surface area contributed by atoms with Gasteiger partial charge in [0.25, 0.3) is 5.56 Å². The van der Waals surface area contributed by atoms with Gasteiger partial charge in [0.1, 0.15) is 4.83 Å². The maximum absolute atomic E-state index is 13.6. The molecular weight excluding hydrogens is 404 g/mol. The molecule has 5 rings (SSSR count). The van der Waals surface area contributed by atoms with E-state index in [4.69, 9.17) is 14.5 Å². The van der Waals surface area contributed by atoms with Gasteiger partial charge in [-0.1, -0.05) is 18.7 Å². The molecule has 0 N–H and O–H groups in total. The average Bonchev–Trinajstić information content (AvgIpc) is 3.36. The number of thioether (sulfide) groups is 1. The molecule has 0 aromatic carbocycles. The maximum Gasteiger partial charge on any atom is 0.263 e. The molecular formula is C22H30N2O3S2. The molecule has 3 aliphatic rings. The highest BCUT2D eigenvalue weighted by molar-refractivity contribution is 7.99. The van der Waals surface area contributed by atoms with Gasteiger partial charge in [-0.05, 0) is 62.8 Å². The Bertz CT molecular complexity index is 926. The molecule has 29 heavy (non-hydrogen) atoms. The van der Waals surface area contributed by atoms with E-state index in [-0.39, 0.29) is 17.8 Å². The molecule has 4 heterocycles. The van der Waals surface area contributed by atoms with Crippen molar-refractivity contribution < 1.29 is 9.47 Å². The number of thiophene rings is 1. The van der Waals surface area contributed by atoms with Crippen molar-refractivity contribution in [3.05, 3.63) is 20.8 Å². The first-order valence-corrected chi connectivity index (χ1v) is 12.9. The Kier molecular flexibility index (Phi) is 6.01. The highest BCUT2D eigenvalue weighted by atomic mass is 32.2. The van der Waals surface area contributed by atoms with Crippen LogP contribution < -0.4 is 5.56 Å². The summed E-state index contributed by atoms with van der Waals surface area (Å²) in [7, 11) is 0. The van der Waals surface area contributed by atoms with Gasteiger partial charge in [-0.25, -0.2) is 4.98 Å². The predicted octanol–water partition coefficient (Wildman–Crippen LogP) is 4.42. The molecule has 0 radical (unpaired) electrons. The lowest BCUT2D eigenvalue weighted by Gasteiger charge is -2.23. The van der Waals surface area contributed by atoms with Crippen LogP contribution in [0.4, 0.5) is 0 Å². The fourth-order valence-electron chi connectivity index (χ4n) is 4.77. The summed E-state index contributed by atoms with van der Waals surface area (Å²) in [6.45, 7) is 4.59. The van der Waals surface area contributed by atoms with Crippen LogP contribution in [0.2, 0.25) is 0 Å². The average molecular weight is 435 g/mol. The van der Waals surface area contributed by atoms with E-state index in [1.807, 2.05) is 4.57 Å². The normalized spacial score (nSPS) is 27.4. The van der Waals surface area contributed by atoms with E-state index in [0.717, 1.165) is 72.9 Å². The molecule has 2 saturated heterocycles. The van der Waals surface area contributed by atoms with Gasteiger partial charge in [0, 0.05) is 23.8 Å². The van der Waals surface area contributed by atoms with E-state index >= 15 is 0 Å². The van der Waals surface area contributed by atoms with Gasteiger partial charge in [0.05, 0.1) is 24.1 Å². The molecule has 3 unspecified atom stereocenters. The maximum atomic E-state index is 13.6. The molecule has 2 aliphatic heterocycles. The summed E-state index contributed by atoms with van der Waals surface area (Å²) in [5.41, 5.74) is 1.42. The van der Waals surface area contributed by atoms with Gasteiger partial charge in [-0.3, -0.25) is 9.36 Å². The highest BCUT2D eigenvalue weighted by Gasteiger charge is 2.27. The molecule has 0 amide bonds. The van der Waals surface area contributed by atoms with Crippen LogP contribution in [0.1, 0.15) is 55.9 Å². The fraction of sp³-hybridized carbons (Fsp3) is 0.727. The summed E-state index contributed by atoms with van der Waals surface area (Å²) in [4.78, 5) is 21.0. The Morgan fingerprint density at radius 3 is 2.76 bits per heavy atom. The van der Waals surface area contributed by atoms with Crippen molar-refractivity contribution in [1.82, 2.24) is 9.55 Å². The first-order valence-electron chi connectivity index (χ1n) is 11.1. The summed E-state index contributed by atoms with van der Waals surface area (Å²) in [5, 5.41) is 1.73. The Morgan fingerprint density at radius 1 is 1.14 bits per heavy atom. The second-order valence-corrected chi connectivity index (χ2v) is 10.8.